The van der Waals surface area contributed by atoms with Gasteiger partial charge in [0.05, 0.1) is 16.8 Å². The molecule has 3 rings (SSSR count). The van der Waals surface area contributed by atoms with Crippen LogP contribution < -0.4 is 5.32 Å². The van der Waals surface area contributed by atoms with Crippen LogP contribution in [0.2, 0.25) is 0 Å². The van der Waals surface area contributed by atoms with Crippen molar-refractivity contribution in [2.24, 2.45) is 0 Å². The number of rotatable bonds is 7. The van der Waals surface area contributed by atoms with Crippen molar-refractivity contribution in [1.82, 2.24) is 9.62 Å². The third-order valence-electron chi connectivity index (χ3n) is 4.45. The molecule has 0 radical (unpaired) electrons. The number of benzene rings is 1. The lowest BCUT2D eigenvalue weighted by molar-refractivity contribution is -0.119. The predicted molar refractivity (Wildman–Crippen MR) is 97.1 cm³/mol. The molecule has 8 heteroatoms. The fourth-order valence-electron chi connectivity index (χ4n) is 3.02. The van der Waals surface area contributed by atoms with Crippen LogP contribution in [0.25, 0.3) is 0 Å². The highest BCUT2D eigenvalue weighted by Crippen LogP contribution is 2.24. The molecule has 0 unspecified atom stereocenters. The van der Waals surface area contributed by atoms with Gasteiger partial charge in [0.25, 0.3) is 0 Å². The molecule has 0 saturated carbocycles. The van der Waals surface area contributed by atoms with E-state index in [1.807, 2.05) is 0 Å². The molecule has 2 aliphatic heterocycles. The second-order valence-corrected chi connectivity index (χ2v) is 9.30. The van der Waals surface area contributed by atoms with Crippen LogP contribution in [0, 0.1) is 0 Å². The van der Waals surface area contributed by atoms with Gasteiger partial charge in [-0.3, -0.25) is 4.79 Å². The van der Waals surface area contributed by atoms with Crippen molar-refractivity contribution >= 4 is 27.7 Å². The van der Waals surface area contributed by atoms with E-state index in [0.29, 0.717) is 30.3 Å². The minimum absolute atomic E-state index is 0.0331. The Kier molecular flexibility index (Phi) is 6.38. The molecule has 0 spiro atoms. The predicted octanol–water partition coefficient (Wildman–Crippen LogP) is 1.86. The van der Waals surface area contributed by atoms with Crippen molar-refractivity contribution in [2.75, 3.05) is 32.0 Å². The molecule has 1 amide bonds. The summed E-state index contributed by atoms with van der Waals surface area (Å²) in [5, 5.41) is 2.88. The molecule has 0 aromatic heterocycles. The average Bonchev–Trinajstić information content (AvgIpc) is 3.32. The second kappa shape index (κ2) is 8.53. The first kappa shape index (κ1) is 18.7. The van der Waals surface area contributed by atoms with E-state index in [4.69, 9.17) is 4.74 Å². The van der Waals surface area contributed by atoms with Crippen LogP contribution in [0.5, 0.6) is 0 Å². The lowest BCUT2D eigenvalue weighted by Crippen LogP contribution is -2.32. The Morgan fingerprint density at radius 1 is 1.20 bits per heavy atom. The number of thioether (sulfide) groups is 1. The summed E-state index contributed by atoms with van der Waals surface area (Å²) in [7, 11) is -3.37. The zero-order chi connectivity index (χ0) is 17.7. The molecule has 138 valence electrons. The first-order valence-electron chi connectivity index (χ1n) is 8.67. The van der Waals surface area contributed by atoms with Gasteiger partial charge in [0, 0.05) is 31.1 Å². The maximum absolute atomic E-state index is 12.5. The molecular weight excluding hydrogens is 360 g/mol. The van der Waals surface area contributed by atoms with E-state index < -0.39 is 10.0 Å². The summed E-state index contributed by atoms with van der Waals surface area (Å²) >= 11 is 1.40. The van der Waals surface area contributed by atoms with Crippen LogP contribution in [0.3, 0.4) is 0 Å². The molecule has 1 atom stereocenters. The molecule has 0 bridgehead atoms. The first-order chi connectivity index (χ1) is 12.1. The van der Waals surface area contributed by atoms with E-state index in [0.717, 1.165) is 37.2 Å². The smallest absolute Gasteiger partial charge is 0.243 e. The van der Waals surface area contributed by atoms with Gasteiger partial charge < -0.3 is 10.1 Å². The largest absolute Gasteiger partial charge is 0.376 e. The molecule has 6 nitrogen and oxygen atoms in total. The summed E-state index contributed by atoms with van der Waals surface area (Å²) in [6.45, 7) is 2.54. The van der Waals surface area contributed by atoms with Crippen molar-refractivity contribution in [1.29, 1.82) is 0 Å². The van der Waals surface area contributed by atoms with E-state index in [1.165, 1.54) is 16.1 Å². The molecular formula is C17H24N2O4S2. The summed E-state index contributed by atoms with van der Waals surface area (Å²) in [5.41, 5.74) is 0. The Bertz CT molecular complexity index is 679. The SMILES string of the molecule is O=C(CSc1ccc(S(=O)(=O)N2CCCC2)cc1)NC[C@H]1CCCO1. The van der Waals surface area contributed by atoms with E-state index in [9.17, 15) is 13.2 Å². The van der Waals surface area contributed by atoms with Crippen molar-refractivity contribution < 1.29 is 17.9 Å². The Balaban J connectivity index is 1.48. The maximum atomic E-state index is 12.5. The highest BCUT2D eigenvalue weighted by atomic mass is 32.2. The van der Waals surface area contributed by atoms with Crippen molar-refractivity contribution in [3.8, 4) is 0 Å². The second-order valence-electron chi connectivity index (χ2n) is 6.31. The standard InChI is InChI=1S/C17H24N2O4S2/c20-17(18-12-14-4-3-11-23-14)13-24-15-5-7-16(8-6-15)25(21,22)19-9-1-2-10-19/h5-8,14H,1-4,9-13H2,(H,18,20)/t14-/m1/s1. The van der Waals surface area contributed by atoms with Gasteiger partial charge in [-0.25, -0.2) is 8.42 Å². The maximum Gasteiger partial charge on any atom is 0.243 e. The summed E-state index contributed by atoms with van der Waals surface area (Å²) in [6.07, 6.45) is 4.05. The molecule has 2 fully saturated rings. The third kappa shape index (κ3) is 4.97. The molecule has 2 saturated heterocycles. The normalized spacial score (nSPS) is 21.5. The molecule has 1 N–H and O–H groups in total. The number of hydrogen-bond donors (Lipinski definition) is 1. The number of nitrogens with one attached hydrogen (secondary N) is 1. The molecule has 0 aliphatic carbocycles. The number of carbonyl (C=O) groups is 1. The Hall–Kier alpha value is -1.09. The minimum atomic E-state index is -3.37. The highest BCUT2D eigenvalue weighted by Gasteiger charge is 2.26. The van der Waals surface area contributed by atoms with Gasteiger partial charge in [-0.05, 0) is 49.9 Å². The van der Waals surface area contributed by atoms with Crippen LogP contribution in [-0.4, -0.2) is 56.7 Å². The number of hydrogen-bond acceptors (Lipinski definition) is 5. The highest BCUT2D eigenvalue weighted by molar-refractivity contribution is 8.00. The van der Waals surface area contributed by atoms with Gasteiger partial charge in [-0.15, -0.1) is 11.8 Å². The van der Waals surface area contributed by atoms with Crippen LogP contribution in [0.15, 0.2) is 34.1 Å². The van der Waals surface area contributed by atoms with Crippen LogP contribution in [0.1, 0.15) is 25.7 Å². The molecule has 1 aromatic carbocycles. The van der Waals surface area contributed by atoms with Gasteiger partial charge >= 0.3 is 0 Å². The minimum Gasteiger partial charge on any atom is -0.376 e. The lowest BCUT2D eigenvalue weighted by Gasteiger charge is -2.15. The van der Waals surface area contributed by atoms with E-state index >= 15 is 0 Å². The van der Waals surface area contributed by atoms with Crippen molar-refractivity contribution in [3.63, 3.8) is 0 Å². The van der Waals surface area contributed by atoms with Crippen LogP contribution >= 0.6 is 11.8 Å². The summed E-state index contributed by atoms with van der Waals surface area (Å²) in [5.74, 6) is 0.277. The Morgan fingerprint density at radius 2 is 1.92 bits per heavy atom. The Morgan fingerprint density at radius 3 is 2.56 bits per heavy atom. The number of sulfonamides is 1. The monoisotopic (exact) mass is 384 g/mol. The van der Waals surface area contributed by atoms with E-state index in [2.05, 4.69) is 5.32 Å². The number of carbonyl (C=O) groups excluding carboxylic acids is 1. The van der Waals surface area contributed by atoms with Crippen molar-refractivity contribution in [2.45, 2.75) is 41.6 Å². The van der Waals surface area contributed by atoms with Gasteiger partial charge in [0.2, 0.25) is 15.9 Å². The van der Waals surface area contributed by atoms with Crippen LogP contribution in [0.4, 0.5) is 0 Å². The fourth-order valence-corrected chi connectivity index (χ4v) is 5.26. The van der Waals surface area contributed by atoms with E-state index in [-0.39, 0.29) is 12.0 Å². The van der Waals surface area contributed by atoms with Crippen LogP contribution in [-0.2, 0) is 19.6 Å². The topological polar surface area (TPSA) is 75.7 Å². The quantitative estimate of drug-likeness (QED) is 0.726. The number of nitrogens with zero attached hydrogens (tertiary/aromatic N) is 1. The van der Waals surface area contributed by atoms with Gasteiger partial charge in [0.15, 0.2) is 0 Å². The van der Waals surface area contributed by atoms with E-state index in [1.54, 1.807) is 24.3 Å². The molecule has 25 heavy (non-hydrogen) atoms. The summed E-state index contributed by atoms with van der Waals surface area (Å²) in [4.78, 5) is 13.1. The van der Waals surface area contributed by atoms with Gasteiger partial charge in [-0.1, -0.05) is 0 Å². The molecule has 2 heterocycles. The third-order valence-corrected chi connectivity index (χ3v) is 7.37. The Labute approximate surface area is 153 Å². The zero-order valence-corrected chi connectivity index (χ0v) is 15.8. The van der Waals surface area contributed by atoms with Crippen molar-refractivity contribution in [3.05, 3.63) is 24.3 Å². The van der Waals surface area contributed by atoms with Gasteiger partial charge in [0.1, 0.15) is 0 Å². The fraction of sp³-hybridized carbons (Fsp3) is 0.588. The van der Waals surface area contributed by atoms with Gasteiger partial charge in [-0.2, -0.15) is 4.31 Å². The first-order valence-corrected chi connectivity index (χ1v) is 11.1. The average molecular weight is 385 g/mol. The number of amides is 1. The summed E-state index contributed by atoms with van der Waals surface area (Å²) < 4.78 is 31.9. The molecule has 2 aliphatic rings. The summed E-state index contributed by atoms with van der Waals surface area (Å²) in [6, 6.07) is 6.78. The number of ether oxygens (including phenoxy) is 1. The zero-order valence-electron chi connectivity index (χ0n) is 14.1. The lowest BCUT2D eigenvalue weighted by atomic mass is 10.2. The molecule has 1 aromatic rings.